The number of rotatable bonds is 6. The smallest absolute Gasteiger partial charge is 0.225 e. The highest BCUT2D eigenvalue weighted by atomic mass is 19.1. The Kier molecular flexibility index (Phi) is 5.99. The van der Waals surface area contributed by atoms with Gasteiger partial charge < -0.3 is 10.2 Å². The van der Waals surface area contributed by atoms with Crippen LogP contribution in [0.25, 0.3) is 0 Å². The fourth-order valence-electron chi connectivity index (χ4n) is 2.37. The number of likely N-dealkylation sites (N-methyl/N-ethyl adjacent to an activating group) is 1. The van der Waals surface area contributed by atoms with Crippen molar-refractivity contribution in [2.45, 2.75) is 12.5 Å². The van der Waals surface area contributed by atoms with Gasteiger partial charge in [-0.3, -0.25) is 9.78 Å². The molecular formula is C18H19FN4O. The fraction of sp³-hybridized carbons (Fsp3) is 0.278. The fourth-order valence-corrected chi connectivity index (χ4v) is 2.37. The van der Waals surface area contributed by atoms with Crippen molar-refractivity contribution in [1.29, 1.82) is 5.26 Å². The van der Waals surface area contributed by atoms with E-state index in [4.69, 9.17) is 5.26 Å². The Hall–Kier alpha value is -2.78. The van der Waals surface area contributed by atoms with Gasteiger partial charge in [0.25, 0.3) is 0 Å². The van der Waals surface area contributed by atoms with E-state index in [0.717, 1.165) is 5.56 Å². The second-order valence-corrected chi connectivity index (χ2v) is 5.80. The third-order valence-corrected chi connectivity index (χ3v) is 3.44. The molecule has 2 rings (SSSR count). The van der Waals surface area contributed by atoms with Gasteiger partial charge in [0.05, 0.1) is 18.0 Å². The Labute approximate surface area is 140 Å². The van der Waals surface area contributed by atoms with Crippen LogP contribution in [-0.4, -0.2) is 36.4 Å². The number of benzene rings is 1. The summed E-state index contributed by atoms with van der Waals surface area (Å²) in [5.74, 6) is -0.490. The van der Waals surface area contributed by atoms with Crippen molar-refractivity contribution in [3.05, 3.63) is 65.2 Å². The normalized spacial score (nSPS) is 11.8. The van der Waals surface area contributed by atoms with Crippen LogP contribution in [-0.2, 0) is 11.2 Å². The number of carbonyl (C=O) groups excluding carboxylic acids is 1. The van der Waals surface area contributed by atoms with Crippen molar-refractivity contribution >= 4 is 5.91 Å². The molecule has 0 spiro atoms. The summed E-state index contributed by atoms with van der Waals surface area (Å²) in [6.45, 7) is 0.591. The Morgan fingerprint density at radius 2 is 2.04 bits per heavy atom. The monoisotopic (exact) mass is 326 g/mol. The lowest BCUT2D eigenvalue weighted by molar-refractivity contribution is -0.121. The molecule has 24 heavy (non-hydrogen) atoms. The molecule has 1 aromatic heterocycles. The first-order valence-corrected chi connectivity index (χ1v) is 7.51. The van der Waals surface area contributed by atoms with Crippen molar-refractivity contribution in [2.24, 2.45) is 0 Å². The van der Waals surface area contributed by atoms with Crippen LogP contribution >= 0.6 is 0 Å². The molecule has 1 amide bonds. The largest absolute Gasteiger partial charge is 0.348 e. The maximum absolute atomic E-state index is 13.1. The predicted octanol–water partition coefficient (Wildman–Crippen LogP) is 2.05. The van der Waals surface area contributed by atoms with Crippen LogP contribution in [0.3, 0.4) is 0 Å². The number of nitriles is 1. The second kappa shape index (κ2) is 8.18. The number of pyridine rings is 1. The van der Waals surface area contributed by atoms with E-state index >= 15 is 0 Å². The summed E-state index contributed by atoms with van der Waals surface area (Å²) in [6, 6.07) is 9.49. The topological polar surface area (TPSA) is 69.0 Å². The van der Waals surface area contributed by atoms with E-state index < -0.39 is 0 Å². The van der Waals surface area contributed by atoms with Gasteiger partial charge in [-0.05, 0) is 43.4 Å². The maximum Gasteiger partial charge on any atom is 0.225 e. The molecule has 0 radical (unpaired) electrons. The molecule has 0 aliphatic carbocycles. The van der Waals surface area contributed by atoms with Crippen LogP contribution in [0.1, 0.15) is 22.7 Å². The number of hydrogen-bond acceptors (Lipinski definition) is 4. The first-order valence-electron chi connectivity index (χ1n) is 7.51. The third kappa shape index (κ3) is 5.14. The molecule has 1 N–H and O–H groups in total. The molecule has 0 aliphatic heterocycles. The SMILES string of the molecule is CN(C)CC(NC(=O)Cc1cncc(C#N)c1)c1ccc(F)cc1. The number of halogens is 1. The summed E-state index contributed by atoms with van der Waals surface area (Å²) in [4.78, 5) is 18.2. The minimum Gasteiger partial charge on any atom is -0.348 e. The van der Waals surface area contributed by atoms with Gasteiger partial charge in [0, 0.05) is 18.9 Å². The molecule has 1 aromatic carbocycles. The highest BCUT2D eigenvalue weighted by Gasteiger charge is 2.16. The van der Waals surface area contributed by atoms with Crippen molar-refractivity contribution in [3.8, 4) is 6.07 Å². The standard InChI is InChI=1S/C18H19FN4O/c1-23(2)12-17(15-3-5-16(19)6-4-15)22-18(24)8-13-7-14(9-20)11-21-10-13/h3-7,10-11,17H,8,12H2,1-2H3,(H,22,24). The summed E-state index contributed by atoms with van der Waals surface area (Å²) in [5, 5.41) is 11.8. The van der Waals surface area contributed by atoms with E-state index in [-0.39, 0.29) is 24.2 Å². The van der Waals surface area contributed by atoms with E-state index in [0.29, 0.717) is 17.7 Å². The lowest BCUT2D eigenvalue weighted by atomic mass is 10.1. The summed E-state index contributed by atoms with van der Waals surface area (Å²) in [5.41, 5.74) is 1.93. The average Bonchev–Trinajstić information content (AvgIpc) is 2.54. The zero-order valence-electron chi connectivity index (χ0n) is 13.7. The number of nitrogens with zero attached hydrogens (tertiary/aromatic N) is 3. The van der Waals surface area contributed by atoms with Crippen LogP contribution in [0.15, 0.2) is 42.7 Å². The molecule has 1 atom stereocenters. The molecule has 124 valence electrons. The number of aromatic nitrogens is 1. The highest BCUT2D eigenvalue weighted by Crippen LogP contribution is 2.15. The predicted molar refractivity (Wildman–Crippen MR) is 88.5 cm³/mol. The molecule has 2 aromatic rings. The quantitative estimate of drug-likeness (QED) is 0.882. The van der Waals surface area contributed by atoms with Gasteiger partial charge in [0.2, 0.25) is 5.91 Å². The number of nitrogens with one attached hydrogen (secondary N) is 1. The molecule has 6 heteroatoms. The zero-order chi connectivity index (χ0) is 17.5. The van der Waals surface area contributed by atoms with Gasteiger partial charge in [-0.1, -0.05) is 12.1 Å². The maximum atomic E-state index is 13.1. The van der Waals surface area contributed by atoms with E-state index in [1.807, 2.05) is 25.1 Å². The zero-order valence-corrected chi connectivity index (χ0v) is 13.7. The molecule has 1 unspecified atom stereocenters. The average molecular weight is 326 g/mol. The van der Waals surface area contributed by atoms with Crippen molar-refractivity contribution in [3.63, 3.8) is 0 Å². The van der Waals surface area contributed by atoms with E-state index in [9.17, 15) is 9.18 Å². The minimum atomic E-state index is -0.312. The summed E-state index contributed by atoms with van der Waals surface area (Å²) in [6.07, 6.45) is 3.15. The van der Waals surface area contributed by atoms with Gasteiger partial charge in [0.1, 0.15) is 11.9 Å². The Bertz CT molecular complexity index is 737. The Morgan fingerprint density at radius 1 is 1.33 bits per heavy atom. The second-order valence-electron chi connectivity index (χ2n) is 5.80. The third-order valence-electron chi connectivity index (χ3n) is 3.44. The number of amides is 1. The van der Waals surface area contributed by atoms with Gasteiger partial charge in [-0.15, -0.1) is 0 Å². The lowest BCUT2D eigenvalue weighted by Gasteiger charge is -2.23. The molecule has 5 nitrogen and oxygen atoms in total. The van der Waals surface area contributed by atoms with Crippen LogP contribution in [0.5, 0.6) is 0 Å². The first kappa shape index (κ1) is 17.6. The molecule has 0 saturated carbocycles. The van der Waals surface area contributed by atoms with Crippen LogP contribution in [0.4, 0.5) is 4.39 Å². The van der Waals surface area contributed by atoms with Crippen molar-refractivity contribution < 1.29 is 9.18 Å². The summed E-state index contributed by atoms with van der Waals surface area (Å²) >= 11 is 0. The molecule has 0 fully saturated rings. The number of carbonyl (C=O) groups is 1. The molecule has 0 aliphatic rings. The number of hydrogen-bond donors (Lipinski definition) is 1. The summed E-state index contributed by atoms with van der Waals surface area (Å²) < 4.78 is 13.1. The lowest BCUT2D eigenvalue weighted by Crippen LogP contribution is -2.36. The van der Waals surface area contributed by atoms with E-state index in [1.165, 1.54) is 18.3 Å². The van der Waals surface area contributed by atoms with Crippen molar-refractivity contribution in [2.75, 3.05) is 20.6 Å². The van der Waals surface area contributed by atoms with Gasteiger partial charge in [-0.2, -0.15) is 5.26 Å². The van der Waals surface area contributed by atoms with E-state index in [1.54, 1.807) is 24.4 Å². The Balaban J connectivity index is 2.09. The molecule has 0 bridgehead atoms. The highest BCUT2D eigenvalue weighted by molar-refractivity contribution is 5.79. The Morgan fingerprint density at radius 3 is 2.67 bits per heavy atom. The van der Waals surface area contributed by atoms with Gasteiger partial charge in [0.15, 0.2) is 0 Å². The molecular weight excluding hydrogens is 307 g/mol. The van der Waals surface area contributed by atoms with E-state index in [2.05, 4.69) is 10.3 Å². The minimum absolute atomic E-state index is 0.133. The van der Waals surface area contributed by atoms with Gasteiger partial charge in [-0.25, -0.2) is 4.39 Å². The van der Waals surface area contributed by atoms with Crippen molar-refractivity contribution in [1.82, 2.24) is 15.2 Å². The molecule has 0 saturated heterocycles. The molecule has 1 heterocycles. The van der Waals surface area contributed by atoms with Gasteiger partial charge >= 0.3 is 0 Å². The van der Waals surface area contributed by atoms with Crippen LogP contribution in [0, 0.1) is 17.1 Å². The first-order chi connectivity index (χ1) is 11.5. The summed E-state index contributed by atoms with van der Waals surface area (Å²) in [7, 11) is 3.81. The van der Waals surface area contributed by atoms with Crippen LogP contribution < -0.4 is 5.32 Å². The van der Waals surface area contributed by atoms with Crippen LogP contribution in [0.2, 0.25) is 0 Å².